The number of benzene rings is 1. The van der Waals surface area contributed by atoms with Crippen LogP contribution >= 0.6 is 0 Å². The molecule has 3 heteroatoms. The molecule has 1 spiro atoms. The molecule has 21 heavy (non-hydrogen) atoms. The number of phenolic OH excluding ortho intramolecular Hbond substituents is 1. The highest BCUT2D eigenvalue weighted by Gasteiger charge is 2.63. The third-order valence-electron chi connectivity index (χ3n) is 6.42. The summed E-state index contributed by atoms with van der Waals surface area (Å²) in [4.78, 5) is 2.51. The SMILES string of the molecule is C[C@H]1C=CC2C3Cc4ccc(O)c5c4[C@@]2(CCN3C)[C@H]1O5. The maximum absolute atomic E-state index is 10.3. The van der Waals surface area contributed by atoms with Crippen LogP contribution in [0.2, 0.25) is 0 Å². The molecule has 1 fully saturated rings. The lowest BCUT2D eigenvalue weighted by Gasteiger charge is -2.56. The Morgan fingerprint density at radius 3 is 3.05 bits per heavy atom. The zero-order chi connectivity index (χ0) is 14.4. The van der Waals surface area contributed by atoms with Crippen molar-refractivity contribution >= 4 is 0 Å². The summed E-state index contributed by atoms with van der Waals surface area (Å²) in [5.41, 5.74) is 2.81. The van der Waals surface area contributed by atoms with Crippen LogP contribution in [0, 0.1) is 11.8 Å². The number of ether oxygens (including phenoxy) is 1. The summed E-state index contributed by atoms with van der Waals surface area (Å²) in [6.07, 6.45) is 7.15. The first-order valence-corrected chi connectivity index (χ1v) is 8.03. The lowest BCUT2D eigenvalue weighted by molar-refractivity contribution is -0.0143. The van der Waals surface area contributed by atoms with Gasteiger partial charge in [-0.3, -0.25) is 0 Å². The summed E-state index contributed by atoms with van der Waals surface area (Å²) in [6, 6.07) is 4.50. The Balaban J connectivity index is 1.84. The minimum absolute atomic E-state index is 0.0903. The number of phenols is 1. The molecule has 110 valence electrons. The van der Waals surface area contributed by atoms with Gasteiger partial charge in [0.2, 0.25) is 0 Å². The van der Waals surface area contributed by atoms with Crippen LogP contribution in [-0.4, -0.2) is 35.7 Å². The first-order valence-electron chi connectivity index (χ1n) is 8.03. The van der Waals surface area contributed by atoms with E-state index in [0.29, 0.717) is 23.6 Å². The summed E-state index contributed by atoms with van der Waals surface area (Å²) in [7, 11) is 2.25. The first-order chi connectivity index (χ1) is 10.1. The molecule has 0 saturated carbocycles. The molecule has 0 aromatic heterocycles. The van der Waals surface area contributed by atoms with Crippen LogP contribution in [0.3, 0.4) is 0 Å². The molecule has 0 amide bonds. The van der Waals surface area contributed by atoms with Crippen LogP contribution in [0.25, 0.3) is 0 Å². The Hall–Kier alpha value is -1.48. The summed E-state index contributed by atoms with van der Waals surface area (Å²) in [5.74, 6) is 2.03. The van der Waals surface area contributed by atoms with E-state index in [1.54, 1.807) is 0 Å². The van der Waals surface area contributed by atoms with Crippen molar-refractivity contribution in [2.24, 2.45) is 11.8 Å². The number of piperidine rings is 1. The molecule has 1 aromatic carbocycles. The number of hydrogen-bond donors (Lipinski definition) is 1. The summed E-state index contributed by atoms with van der Waals surface area (Å²) in [5, 5.41) is 10.3. The fraction of sp³-hybridized carbons (Fsp3) is 0.556. The maximum Gasteiger partial charge on any atom is 0.165 e. The van der Waals surface area contributed by atoms with E-state index >= 15 is 0 Å². The van der Waals surface area contributed by atoms with Gasteiger partial charge in [-0.25, -0.2) is 0 Å². The van der Waals surface area contributed by atoms with Crippen molar-refractivity contribution in [3.8, 4) is 11.5 Å². The molecular weight excluding hydrogens is 262 g/mol. The predicted molar refractivity (Wildman–Crippen MR) is 80.7 cm³/mol. The van der Waals surface area contributed by atoms with E-state index in [1.165, 1.54) is 11.1 Å². The highest BCUT2D eigenvalue weighted by Crippen LogP contribution is 2.63. The molecule has 0 radical (unpaired) electrons. The van der Waals surface area contributed by atoms with Gasteiger partial charge in [-0.05, 0) is 38.1 Å². The van der Waals surface area contributed by atoms with E-state index in [1.807, 2.05) is 6.07 Å². The largest absolute Gasteiger partial charge is 0.504 e. The van der Waals surface area contributed by atoms with E-state index in [9.17, 15) is 5.11 Å². The lowest BCUT2D eigenvalue weighted by Crippen LogP contribution is -2.63. The molecular formula is C18H21NO2. The Morgan fingerprint density at radius 2 is 2.19 bits per heavy atom. The summed E-state index contributed by atoms with van der Waals surface area (Å²) < 4.78 is 6.34. The maximum atomic E-state index is 10.3. The van der Waals surface area contributed by atoms with E-state index in [4.69, 9.17) is 4.74 Å². The van der Waals surface area contributed by atoms with Gasteiger partial charge in [0.1, 0.15) is 6.10 Å². The normalized spacial score (nSPS) is 42.6. The van der Waals surface area contributed by atoms with Crippen LogP contribution < -0.4 is 4.74 Å². The fourth-order valence-corrected chi connectivity index (χ4v) is 5.50. The Kier molecular flexibility index (Phi) is 2.10. The molecule has 5 atom stereocenters. The van der Waals surface area contributed by atoms with Gasteiger partial charge in [0.15, 0.2) is 11.5 Å². The molecule has 4 aliphatic rings. The molecule has 1 aromatic rings. The van der Waals surface area contributed by atoms with Gasteiger partial charge in [0.25, 0.3) is 0 Å². The number of hydrogen-bond acceptors (Lipinski definition) is 3. The monoisotopic (exact) mass is 283 g/mol. The minimum Gasteiger partial charge on any atom is -0.504 e. The number of aromatic hydroxyl groups is 1. The third kappa shape index (κ3) is 1.21. The van der Waals surface area contributed by atoms with Crippen LogP contribution in [0.4, 0.5) is 0 Å². The second-order valence-electron chi connectivity index (χ2n) is 7.30. The Morgan fingerprint density at radius 1 is 1.33 bits per heavy atom. The van der Waals surface area contributed by atoms with E-state index < -0.39 is 0 Å². The highest BCUT2D eigenvalue weighted by atomic mass is 16.5. The van der Waals surface area contributed by atoms with Gasteiger partial charge < -0.3 is 14.7 Å². The van der Waals surface area contributed by atoms with Gasteiger partial charge in [0.05, 0.1) is 0 Å². The fourth-order valence-electron chi connectivity index (χ4n) is 5.50. The van der Waals surface area contributed by atoms with Crippen LogP contribution in [0.15, 0.2) is 24.3 Å². The van der Waals surface area contributed by atoms with Gasteiger partial charge in [-0.15, -0.1) is 0 Å². The third-order valence-corrected chi connectivity index (χ3v) is 6.42. The van der Waals surface area contributed by atoms with Crippen LogP contribution in [0.1, 0.15) is 24.5 Å². The van der Waals surface area contributed by atoms with Crippen molar-refractivity contribution in [2.45, 2.75) is 37.3 Å². The van der Waals surface area contributed by atoms with Gasteiger partial charge >= 0.3 is 0 Å². The van der Waals surface area contributed by atoms with E-state index in [2.05, 4.69) is 37.1 Å². The van der Waals surface area contributed by atoms with E-state index in [0.717, 1.165) is 25.1 Å². The molecule has 1 N–H and O–H groups in total. The predicted octanol–water partition coefficient (Wildman–Crippen LogP) is 2.47. The van der Waals surface area contributed by atoms with Crippen molar-refractivity contribution in [1.82, 2.24) is 4.90 Å². The average Bonchev–Trinajstić information content (AvgIpc) is 2.83. The highest BCUT2D eigenvalue weighted by molar-refractivity contribution is 5.61. The molecule has 1 saturated heterocycles. The zero-order valence-electron chi connectivity index (χ0n) is 12.5. The molecule has 2 bridgehead atoms. The van der Waals surface area contributed by atoms with Gasteiger partial charge in [-0.2, -0.15) is 0 Å². The number of likely N-dealkylation sites (N-methyl/N-ethyl adjacent to an activating group) is 1. The van der Waals surface area contributed by atoms with Gasteiger partial charge in [-0.1, -0.05) is 25.1 Å². The second kappa shape index (κ2) is 3.64. The smallest absolute Gasteiger partial charge is 0.165 e. The summed E-state index contributed by atoms with van der Waals surface area (Å²) in [6.45, 7) is 3.37. The molecule has 2 aliphatic heterocycles. The van der Waals surface area contributed by atoms with Crippen LogP contribution in [-0.2, 0) is 11.8 Å². The van der Waals surface area contributed by atoms with Gasteiger partial charge in [0, 0.05) is 28.9 Å². The topological polar surface area (TPSA) is 32.7 Å². The average molecular weight is 283 g/mol. The molecule has 2 heterocycles. The zero-order valence-corrected chi connectivity index (χ0v) is 12.5. The lowest BCUT2D eigenvalue weighted by atomic mass is 9.52. The second-order valence-corrected chi connectivity index (χ2v) is 7.30. The van der Waals surface area contributed by atoms with Crippen LogP contribution in [0.5, 0.6) is 11.5 Å². The minimum atomic E-state index is 0.0903. The number of rotatable bonds is 0. The molecule has 2 unspecified atom stereocenters. The number of nitrogens with zero attached hydrogens (tertiary/aromatic N) is 1. The Bertz CT molecular complexity index is 667. The number of likely N-dealkylation sites (tertiary alicyclic amines) is 1. The van der Waals surface area contributed by atoms with Crippen molar-refractivity contribution in [3.63, 3.8) is 0 Å². The first kappa shape index (κ1) is 12.1. The van der Waals surface area contributed by atoms with Crippen molar-refractivity contribution in [2.75, 3.05) is 13.6 Å². The van der Waals surface area contributed by atoms with Crippen molar-refractivity contribution in [3.05, 3.63) is 35.4 Å². The molecule has 2 aliphatic carbocycles. The quantitative estimate of drug-likeness (QED) is 0.743. The molecule has 5 rings (SSSR count). The summed E-state index contributed by atoms with van der Waals surface area (Å²) >= 11 is 0. The molecule has 3 nitrogen and oxygen atoms in total. The van der Waals surface area contributed by atoms with Crippen molar-refractivity contribution in [1.29, 1.82) is 0 Å². The standard InChI is InChI=1S/C18H21NO2/c1-10-3-5-12-13-9-11-4-6-14(20)16-15(11)18(12,17(10)21-16)7-8-19(13)2/h3-6,10,12-13,17,20H,7-9H2,1-2H3/t10-,12?,13?,17-,18-/m0/s1. The van der Waals surface area contributed by atoms with E-state index in [-0.39, 0.29) is 11.5 Å². The Labute approximate surface area is 125 Å². The van der Waals surface area contributed by atoms with Crippen molar-refractivity contribution < 1.29 is 9.84 Å².